The number of phenols is 1. The second-order valence-electron chi connectivity index (χ2n) is 7.10. The summed E-state index contributed by atoms with van der Waals surface area (Å²) < 4.78 is 27.2. The fourth-order valence-electron chi connectivity index (χ4n) is 3.26. The summed E-state index contributed by atoms with van der Waals surface area (Å²) in [6.07, 6.45) is 2.01. The van der Waals surface area contributed by atoms with Crippen LogP contribution in [0.5, 0.6) is 5.75 Å². The zero-order valence-corrected chi connectivity index (χ0v) is 17.1. The van der Waals surface area contributed by atoms with E-state index < -0.39 is 15.9 Å². The third kappa shape index (κ3) is 4.13. The van der Waals surface area contributed by atoms with E-state index in [1.165, 1.54) is 29.8 Å². The highest BCUT2D eigenvalue weighted by Gasteiger charge is 2.44. The minimum atomic E-state index is -3.71. The zero-order chi connectivity index (χ0) is 20.5. The van der Waals surface area contributed by atoms with Gasteiger partial charge < -0.3 is 10.4 Å². The highest BCUT2D eigenvalue weighted by molar-refractivity contribution is 7.94. The van der Waals surface area contributed by atoms with Gasteiger partial charge in [0.2, 0.25) is 0 Å². The summed E-state index contributed by atoms with van der Waals surface area (Å²) in [5.74, 6) is -0.671. The van der Waals surface area contributed by atoms with Gasteiger partial charge in [-0.2, -0.15) is 0 Å². The van der Waals surface area contributed by atoms with E-state index in [0.717, 1.165) is 24.2 Å². The lowest BCUT2D eigenvalue weighted by atomic mass is 9.96. The molecule has 0 bridgehead atoms. The molecule has 3 N–H and O–H groups in total. The summed E-state index contributed by atoms with van der Waals surface area (Å²) in [5.41, 5.74) is 1.45. The molecule has 0 atom stereocenters. The molecule has 0 unspecified atom stereocenters. The molecule has 0 spiro atoms. The Morgan fingerprint density at radius 3 is 2.45 bits per heavy atom. The SMILES string of the molecule is O=C(NCC1(c2ccccc2)CC1)c1ccc(NS(=O)(=O)c2cccs2)cc1O. The number of nitrogens with one attached hydrogen (secondary N) is 2. The van der Waals surface area contributed by atoms with Crippen LogP contribution in [0.4, 0.5) is 5.69 Å². The van der Waals surface area contributed by atoms with E-state index in [1.54, 1.807) is 11.4 Å². The monoisotopic (exact) mass is 428 g/mol. The van der Waals surface area contributed by atoms with Crippen molar-refractivity contribution in [3.63, 3.8) is 0 Å². The van der Waals surface area contributed by atoms with Crippen LogP contribution in [0.3, 0.4) is 0 Å². The van der Waals surface area contributed by atoms with Gasteiger partial charge in [0.05, 0.1) is 11.3 Å². The molecule has 1 aliphatic rings. The van der Waals surface area contributed by atoms with Gasteiger partial charge in [-0.3, -0.25) is 9.52 Å². The van der Waals surface area contributed by atoms with Crippen molar-refractivity contribution in [2.45, 2.75) is 22.5 Å². The number of carbonyl (C=O) groups excluding carboxylic acids is 1. The Bertz CT molecular complexity index is 1120. The van der Waals surface area contributed by atoms with Crippen LogP contribution in [0.1, 0.15) is 28.8 Å². The molecular formula is C21H20N2O4S2. The third-order valence-electron chi connectivity index (χ3n) is 5.08. The van der Waals surface area contributed by atoms with Crippen molar-refractivity contribution in [1.82, 2.24) is 5.32 Å². The number of thiophene rings is 1. The average molecular weight is 429 g/mol. The van der Waals surface area contributed by atoms with Crippen LogP contribution in [-0.2, 0) is 15.4 Å². The highest BCUT2D eigenvalue weighted by Crippen LogP contribution is 2.47. The van der Waals surface area contributed by atoms with E-state index >= 15 is 0 Å². The second-order valence-corrected chi connectivity index (χ2v) is 9.96. The molecule has 1 amide bonds. The van der Waals surface area contributed by atoms with E-state index in [-0.39, 0.29) is 26.6 Å². The van der Waals surface area contributed by atoms with Gasteiger partial charge in [-0.15, -0.1) is 11.3 Å². The van der Waals surface area contributed by atoms with Crippen molar-refractivity contribution >= 4 is 33.0 Å². The fraction of sp³-hybridized carbons (Fsp3) is 0.190. The molecule has 0 saturated heterocycles. The quantitative estimate of drug-likeness (QED) is 0.534. The van der Waals surface area contributed by atoms with E-state index in [4.69, 9.17) is 0 Å². The van der Waals surface area contributed by atoms with E-state index in [2.05, 4.69) is 22.2 Å². The number of phenolic OH excluding ortho intramolecular Hbond substituents is 1. The Morgan fingerprint density at radius 1 is 1.07 bits per heavy atom. The Labute approximate surface area is 173 Å². The molecule has 2 aromatic carbocycles. The van der Waals surface area contributed by atoms with Crippen LogP contribution in [-0.4, -0.2) is 26.0 Å². The van der Waals surface area contributed by atoms with Gasteiger partial charge in [0.1, 0.15) is 9.96 Å². The number of anilines is 1. The Balaban J connectivity index is 1.43. The first-order valence-electron chi connectivity index (χ1n) is 9.13. The first kappa shape index (κ1) is 19.5. The molecule has 1 heterocycles. The smallest absolute Gasteiger partial charge is 0.271 e. The lowest BCUT2D eigenvalue weighted by Crippen LogP contribution is -2.32. The van der Waals surface area contributed by atoms with Crippen LogP contribution in [0.2, 0.25) is 0 Å². The van der Waals surface area contributed by atoms with Gasteiger partial charge in [-0.1, -0.05) is 36.4 Å². The summed E-state index contributed by atoms with van der Waals surface area (Å²) in [4.78, 5) is 12.5. The van der Waals surface area contributed by atoms with Crippen LogP contribution >= 0.6 is 11.3 Å². The largest absolute Gasteiger partial charge is 0.507 e. The van der Waals surface area contributed by atoms with Crippen molar-refractivity contribution in [2.75, 3.05) is 11.3 Å². The first-order valence-corrected chi connectivity index (χ1v) is 11.5. The van der Waals surface area contributed by atoms with Gasteiger partial charge in [-0.05, 0) is 42.0 Å². The predicted octanol–water partition coefficient (Wildman–Crippen LogP) is 3.72. The summed E-state index contributed by atoms with van der Waals surface area (Å²) in [7, 11) is -3.71. The molecule has 29 heavy (non-hydrogen) atoms. The number of rotatable bonds is 7. The number of benzene rings is 2. The van der Waals surface area contributed by atoms with Crippen molar-refractivity contribution in [1.29, 1.82) is 0 Å². The number of hydrogen-bond acceptors (Lipinski definition) is 5. The summed E-state index contributed by atoms with van der Waals surface area (Å²) >= 11 is 1.10. The lowest BCUT2D eigenvalue weighted by Gasteiger charge is -2.17. The maximum absolute atomic E-state index is 12.5. The third-order valence-corrected chi connectivity index (χ3v) is 7.86. The van der Waals surface area contributed by atoms with Gasteiger partial charge >= 0.3 is 0 Å². The van der Waals surface area contributed by atoms with Gasteiger partial charge in [-0.25, -0.2) is 8.42 Å². The molecule has 6 nitrogen and oxygen atoms in total. The average Bonchev–Trinajstić information content (AvgIpc) is 3.28. The standard InChI is InChI=1S/C21H20N2O4S2/c24-18-13-16(23-29(26,27)19-7-4-12-28-19)8-9-17(18)20(25)22-14-21(10-11-21)15-5-2-1-3-6-15/h1-9,12-13,23-24H,10-11,14H2,(H,22,25). The maximum atomic E-state index is 12.5. The number of amides is 1. The molecule has 1 aliphatic carbocycles. The topological polar surface area (TPSA) is 95.5 Å². The summed E-state index contributed by atoms with van der Waals surface area (Å²) in [5, 5.41) is 14.8. The van der Waals surface area contributed by atoms with E-state index in [1.807, 2.05) is 18.2 Å². The molecule has 1 fully saturated rings. The number of aromatic hydroxyl groups is 1. The minimum Gasteiger partial charge on any atom is -0.507 e. The van der Waals surface area contributed by atoms with Crippen molar-refractivity contribution in [3.05, 3.63) is 77.2 Å². The Morgan fingerprint density at radius 2 is 1.83 bits per heavy atom. The normalized spacial score (nSPS) is 14.9. The van der Waals surface area contributed by atoms with E-state index in [0.29, 0.717) is 6.54 Å². The van der Waals surface area contributed by atoms with Gasteiger partial charge in [0.15, 0.2) is 0 Å². The van der Waals surface area contributed by atoms with Crippen molar-refractivity contribution in [3.8, 4) is 5.75 Å². The molecular weight excluding hydrogens is 408 g/mol. The molecule has 3 aromatic rings. The number of sulfonamides is 1. The lowest BCUT2D eigenvalue weighted by molar-refractivity contribution is 0.0947. The second kappa shape index (κ2) is 7.53. The zero-order valence-electron chi connectivity index (χ0n) is 15.5. The highest BCUT2D eigenvalue weighted by atomic mass is 32.2. The van der Waals surface area contributed by atoms with Crippen LogP contribution in [0.25, 0.3) is 0 Å². The van der Waals surface area contributed by atoms with Crippen LogP contribution in [0.15, 0.2) is 70.3 Å². The molecule has 4 rings (SSSR count). The number of carbonyl (C=O) groups is 1. The maximum Gasteiger partial charge on any atom is 0.271 e. The molecule has 0 aliphatic heterocycles. The van der Waals surface area contributed by atoms with Crippen molar-refractivity contribution in [2.24, 2.45) is 0 Å². The first-order chi connectivity index (χ1) is 13.9. The minimum absolute atomic E-state index is 0.0389. The van der Waals surface area contributed by atoms with Crippen molar-refractivity contribution < 1.29 is 18.3 Å². The number of hydrogen-bond donors (Lipinski definition) is 3. The summed E-state index contributed by atoms with van der Waals surface area (Å²) in [6.45, 7) is 0.488. The predicted molar refractivity (Wildman–Crippen MR) is 113 cm³/mol. The molecule has 0 radical (unpaired) electrons. The fourth-order valence-corrected chi connectivity index (χ4v) is 5.31. The molecule has 8 heteroatoms. The Hall–Kier alpha value is -2.84. The molecule has 1 saturated carbocycles. The Kier molecular flexibility index (Phi) is 5.06. The van der Waals surface area contributed by atoms with Crippen LogP contribution in [0, 0.1) is 0 Å². The van der Waals surface area contributed by atoms with Gasteiger partial charge in [0, 0.05) is 18.0 Å². The van der Waals surface area contributed by atoms with E-state index in [9.17, 15) is 18.3 Å². The summed E-state index contributed by atoms with van der Waals surface area (Å²) in [6, 6.07) is 17.3. The van der Waals surface area contributed by atoms with Gasteiger partial charge in [0.25, 0.3) is 15.9 Å². The molecule has 150 valence electrons. The molecule has 1 aromatic heterocycles. The van der Waals surface area contributed by atoms with Crippen LogP contribution < -0.4 is 10.0 Å².